The zero-order valence-electron chi connectivity index (χ0n) is 10.8. The third-order valence-electron chi connectivity index (χ3n) is 3.46. The van der Waals surface area contributed by atoms with Gasteiger partial charge in [0.05, 0.1) is 5.52 Å². The van der Waals surface area contributed by atoms with Crippen molar-refractivity contribution in [3.8, 4) is 5.75 Å². The van der Waals surface area contributed by atoms with Crippen LogP contribution in [0.3, 0.4) is 0 Å². The third kappa shape index (κ3) is 1.90. The SMILES string of the molecule is CCc1cc(OC(C)=O)c2ccn(C3CC3)c2c1. The molecule has 1 aliphatic carbocycles. The Morgan fingerprint density at radius 3 is 2.83 bits per heavy atom. The number of hydrogen-bond donors (Lipinski definition) is 0. The minimum atomic E-state index is -0.260. The zero-order chi connectivity index (χ0) is 12.7. The Morgan fingerprint density at radius 1 is 1.44 bits per heavy atom. The molecule has 2 aromatic rings. The highest BCUT2D eigenvalue weighted by atomic mass is 16.5. The fourth-order valence-corrected chi connectivity index (χ4v) is 2.40. The van der Waals surface area contributed by atoms with Crippen LogP contribution in [0.15, 0.2) is 24.4 Å². The number of fused-ring (bicyclic) bond motifs is 1. The smallest absolute Gasteiger partial charge is 0.308 e. The number of carbonyl (C=O) groups excluding carboxylic acids is 1. The molecule has 1 saturated carbocycles. The predicted molar refractivity (Wildman–Crippen MR) is 70.9 cm³/mol. The molecule has 0 atom stereocenters. The van der Waals surface area contributed by atoms with Crippen LogP contribution in [0.5, 0.6) is 5.75 Å². The quantitative estimate of drug-likeness (QED) is 0.610. The van der Waals surface area contributed by atoms with Crippen molar-refractivity contribution in [2.45, 2.75) is 39.2 Å². The highest BCUT2D eigenvalue weighted by Gasteiger charge is 2.25. The number of aromatic nitrogens is 1. The maximum absolute atomic E-state index is 11.2. The van der Waals surface area contributed by atoms with E-state index < -0.39 is 0 Å². The van der Waals surface area contributed by atoms with E-state index in [-0.39, 0.29) is 5.97 Å². The van der Waals surface area contributed by atoms with Gasteiger partial charge in [0.25, 0.3) is 0 Å². The van der Waals surface area contributed by atoms with Crippen LogP contribution >= 0.6 is 0 Å². The summed E-state index contributed by atoms with van der Waals surface area (Å²) < 4.78 is 7.64. The predicted octanol–water partition coefficient (Wildman–Crippen LogP) is 3.46. The van der Waals surface area contributed by atoms with E-state index in [2.05, 4.69) is 23.8 Å². The molecule has 0 amide bonds. The van der Waals surface area contributed by atoms with E-state index in [0.717, 1.165) is 11.8 Å². The largest absolute Gasteiger partial charge is 0.426 e. The third-order valence-corrected chi connectivity index (χ3v) is 3.46. The van der Waals surface area contributed by atoms with Gasteiger partial charge in [-0.25, -0.2) is 0 Å². The summed E-state index contributed by atoms with van der Waals surface area (Å²) in [5, 5.41) is 1.04. The molecule has 0 N–H and O–H groups in total. The number of hydrogen-bond acceptors (Lipinski definition) is 2. The van der Waals surface area contributed by atoms with Gasteiger partial charge in [0.1, 0.15) is 5.75 Å². The normalized spacial score (nSPS) is 15.0. The lowest BCUT2D eigenvalue weighted by atomic mass is 10.1. The highest BCUT2D eigenvalue weighted by Crippen LogP contribution is 2.40. The van der Waals surface area contributed by atoms with Gasteiger partial charge in [-0.15, -0.1) is 0 Å². The number of carbonyl (C=O) groups is 1. The second-order valence-corrected chi connectivity index (χ2v) is 4.93. The number of rotatable bonds is 3. The number of nitrogens with zero attached hydrogens (tertiary/aromatic N) is 1. The zero-order valence-corrected chi connectivity index (χ0v) is 10.8. The van der Waals surface area contributed by atoms with Crippen LogP contribution in [-0.4, -0.2) is 10.5 Å². The molecule has 0 aliphatic heterocycles. The van der Waals surface area contributed by atoms with E-state index in [1.165, 1.54) is 30.8 Å². The van der Waals surface area contributed by atoms with E-state index in [1.807, 2.05) is 12.1 Å². The number of ether oxygens (including phenoxy) is 1. The Bertz CT molecular complexity index is 608. The molecule has 0 radical (unpaired) electrons. The van der Waals surface area contributed by atoms with E-state index in [0.29, 0.717) is 11.8 Å². The average Bonchev–Trinajstić information content (AvgIpc) is 3.08. The van der Waals surface area contributed by atoms with Crippen molar-refractivity contribution in [3.05, 3.63) is 30.0 Å². The first-order valence-corrected chi connectivity index (χ1v) is 6.51. The molecule has 0 bridgehead atoms. The van der Waals surface area contributed by atoms with Gasteiger partial charge in [-0.05, 0) is 43.0 Å². The van der Waals surface area contributed by atoms with Crippen molar-refractivity contribution < 1.29 is 9.53 Å². The Hall–Kier alpha value is -1.77. The topological polar surface area (TPSA) is 31.2 Å². The Balaban J connectivity index is 2.17. The second-order valence-electron chi connectivity index (χ2n) is 4.93. The van der Waals surface area contributed by atoms with Crippen molar-refractivity contribution in [2.24, 2.45) is 0 Å². The lowest BCUT2D eigenvalue weighted by molar-refractivity contribution is -0.131. The van der Waals surface area contributed by atoms with Gasteiger partial charge in [0.2, 0.25) is 0 Å². The summed E-state index contributed by atoms with van der Waals surface area (Å²) in [6.45, 7) is 3.56. The first kappa shape index (κ1) is 11.3. The maximum atomic E-state index is 11.2. The van der Waals surface area contributed by atoms with Gasteiger partial charge in [-0.2, -0.15) is 0 Å². The molecular weight excluding hydrogens is 226 g/mol. The van der Waals surface area contributed by atoms with Gasteiger partial charge < -0.3 is 9.30 Å². The molecule has 1 aliphatic rings. The molecule has 1 fully saturated rings. The fourth-order valence-electron chi connectivity index (χ4n) is 2.40. The van der Waals surface area contributed by atoms with Crippen LogP contribution in [-0.2, 0) is 11.2 Å². The summed E-state index contributed by atoms with van der Waals surface area (Å²) in [4.78, 5) is 11.2. The van der Waals surface area contributed by atoms with Crippen LogP contribution in [0, 0.1) is 0 Å². The van der Waals surface area contributed by atoms with Gasteiger partial charge in [0, 0.05) is 24.5 Å². The standard InChI is InChI=1S/C15H17NO2/c1-3-11-8-14-13(15(9-11)18-10(2)17)6-7-16(14)12-4-5-12/h6-9,12H,3-5H2,1-2H3. The van der Waals surface area contributed by atoms with E-state index in [1.54, 1.807) is 0 Å². The first-order valence-electron chi connectivity index (χ1n) is 6.51. The van der Waals surface area contributed by atoms with E-state index in [4.69, 9.17) is 4.74 Å². The number of esters is 1. The van der Waals surface area contributed by atoms with Crippen LogP contribution in [0.25, 0.3) is 10.9 Å². The number of aryl methyl sites for hydroxylation is 1. The van der Waals surface area contributed by atoms with Crippen molar-refractivity contribution >= 4 is 16.9 Å². The summed E-state index contributed by atoms with van der Waals surface area (Å²) in [5.74, 6) is 0.431. The summed E-state index contributed by atoms with van der Waals surface area (Å²) in [6, 6.07) is 6.87. The molecule has 0 spiro atoms. The van der Waals surface area contributed by atoms with Gasteiger partial charge in [0.15, 0.2) is 0 Å². The Kier molecular flexibility index (Phi) is 2.62. The maximum Gasteiger partial charge on any atom is 0.308 e. The van der Waals surface area contributed by atoms with Crippen molar-refractivity contribution in [1.82, 2.24) is 4.57 Å². The second kappa shape index (κ2) is 4.16. The molecule has 3 heteroatoms. The van der Waals surface area contributed by atoms with Gasteiger partial charge in [-0.3, -0.25) is 4.79 Å². The van der Waals surface area contributed by atoms with Crippen LogP contribution in [0.2, 0.25) is 0 Å². The van der Waals surface area contributed by atoms with Gasteiger partial charge >= 0.3 is 5.97 Å². The molecule has 0 unspecified atom stereocenters. The van der Waals surface area contributed by atoms with Crippen molar-refractivity contribution in [3.63, 3.8) is 0 Å². The molecule has 0 saturated heterocycles. The summed E-state index contributed by atoms with van der Waals surface area (Å²) >= 11 is 0. The number of benzene rings is 1. The average molecular weight is 243 g/mol. The Morgan fingerprint density at radius 2 is 2.22 bits per heavy atom. The monoisotopic (exact) mass is 243 g/mol. The highest BCUT2D eigenvalue weighted by molar-refractivity contribution is 5.89. The molecule has 1 aromatic heterocycles. The lowest BCUT2D eigenvalue weighted by Crippen LogP contribution is -2.02. The lowest BCUT2D eigenvalue weighted by Gasteiger charge is -2.08. The van der Waals surface area contributed by atoms with Gasteiger partial charge in [-0.1, -0.05) is 6.92 Å². The van der Waals surface area contributed by atoms with Crippen LogP contribution in [0.1, 0.15) is 38.3 Å². The summed E-state index contributed by atoms with van der Waals surface area (Å²) in [6.07, 6.45) is 5.56. The molecular formula is C15H17NO2. The van der Waals surface area contributed by atoms with E-state index >= 15 is 0 Å². The van der Waals surface area contributed by atoms with Crippen LogP contribution in [0.4, 0.5) is 0 Å². The van der Waals surface area contributed by atoms with Crippen LogP contribution < -0.4 is 4.74 Å². The molecule has 1 aromatic carbocycles. The van der Waals surface area contributed by atoms with E-state index in [9.17, 15) is 4.79 Å². The minimum absolute atomic E-state index is 0.260. The molecule has 3 nitrogen and oxygen atoms in total. The molecule has 94 valence electrons. The molecule has 3 rings (SSSR count). The molecule has 1 heterocycles. The first-order chi connectivity index (χ1) is 8.69. The minimum Gasteiger partial charge on any atom is -0.426 e. The Labute approximate surface area is 106 Å². The fraction of sp³-hybridized carbons (Fsp3) is 0.400. The summed E-state index contributed by atoms with van der Waals surface area (Å²) in [7, 11) is 0. The molecule has 18 heavy (non-hydrogen) atoms. The van der Waals surface area contributed by atoms with Crippen molar-refractivity contribution in [2.75, 3.05) is 0 Å². The summed E-state index contributed by atoms with van der Waals surface area (Å²) in [5.41, 5.74) is 2.40. The van der Waals surface area contributed by atoms with Crippen molar-refractivity contribution in [1.29, 1.82) is 0 Å².